The molecule has 2 N–H and O–H groups in total. The van der Waals surface area contributed by atoms with Crippen LogP contribution in [-0.2, 0) is 15.9 Å². The Morgan fingerprint density at radius 1 is 1.03 bits per heavy atom. The summed E-state index contributed by atoms with van der Waals surface area (Å²) >= 11 is 0. The monoisotopic (exact) mass is 431 g/mol. The largest absolute Gasteiger partial charge is 0.322 e. The number of pyridine rings is 1. The fourth-order valence-electron chi connectivity index (χ4n) is 2.79. The molecule has 0 aliphatic rings. The van der Waals surface area contributed by atoms with Crippen molar-refractivity contribution >= 4 is 27.3 Å². The van der Waals surface area contributed by atoms with E-state index in [-0.39, 0.29) is 22.1 Å². The summed E-state index contributed by atoms with van der Waals surface area (Å²) in [7, 11) is -4.02. The van der Waals surface area contributed by atoms with Gasteiger partial charge in [0.2, 0.25) is 0 Å². The van der Waals surface area contributed by atoms with Crippen LogP contribution in [0.15, 0.2) is 71.9 Å². The van der Waals surface area contributed by atoms with Gasteiger partial charge >= 0.3 is 0 Å². The first-order valence-corrected chi connectivity index (χ1v) is 10.4. The molecule has 0 saturated heterocycles. The van der Waals surface area contributed by atoms with Crippen LogP contribution >= 0.6 is 0 Å². The van der Waals surface area contributed by atoms with Gasteiger partial charge in [0.1, 0.15) is 0 Å². The minimum absolute atomic E-state index is 0.0300. The summed E-state index contributed by atoms with van der Waals surface area (Å²) in [6, 6.07) is 12.6. The average molecular weight is 431 g/mol. The van der Waals surface area contributed by atoms with Gasteiger partial charge < -0.3 is 5.32 Å². The molecule has 0 bridgehead atoms. The number of halogens is 2. The summed E-state index contributed by atoms with van der Waals surface area (Å²) in [5.41, 5.74) is 0.882. The molecule has 0 radical (unpaired) electrons. The summed E-state index contributed by atoms with van der Waals surface area (Å²) in [5.74, 6) is -3.47. The Morgan fingerprint density at radius 3 is 2.43 bits per heavy atom. The van der Waals surface area contributed by atoms with Crippen LogP contribution in [0.25, 0.3) is 0 Å². The third-order valence-corrected chi connectivity index (χ3v) is 5.81. The van der Waals surface area contributed by atoms with E-state index in [0.29, 0.717) is 16.8 Å². The van der Waals surface area contributed by atoms with E-state index in [9.17, 15) is 22.0 Å². The number of alkyl halides is 2. The van der Waals surface area contributed by atoms with Crippen LogP contribution in [0.1, 0.15) is 28.4 Å². The van der Waals surface area contributed by atoms with Crippen LogP contribution in [0.4, 0.5) is 20.2 Å². The molecule has 6 nitrogen and oxygen atoms in total. The molecule has 0 spiro atoms. The van der Waals surface area contributed by atoms with Crippen LogP contribution in [0, 0.1) is 6.92 Å². The van der Waals surface area contributed by atoms with E-state index in [0.717, 1.165) is 13.0 Å². The second-order valence-electron chi connectivity index (χ2n) is 6.75. The molecule has 3 aromatic rings. The summed E-state index contributed by atoms with van der Waals surface area (Å²) in [6.07, 6.45) is 2.96. The Hall–Kier alpha value is -3.33. The molecular weight excluding hydrogens is 412 g/mol. The molecule has 0 aliphatic heterocycles. The number of carbonyl (C=O) groups excluding carboxylic acids is 1. The molecule has 0 fully saturated rings. The number of amides is 1. The zero-order valence-electron chi connectivity index (χ0n) is 16.2. The molecule has 9 heteroatoms. The smallest absolute Gasteiger partial charge is 0.270 e. The number of hydrogen-bond acceptors (Lipinski definition) is 4. The summed E-state index contributed by atoms with van der Waals surface area (Å²) < 4.78 is 54.8. The number of aryl methyl sites for hydroxylation is 1. The van der Waals surface area contributed by atoms with Crippen molar-refractivity contribution in [2.75, 3.05) is 10.0 Å². The standard InChI is InChI=1S/C21H19F2N3O3S/c1-14-11-17(25-20(27)15-5-4-10-24-13-15)8-9-19(14)30(28,29)26-18-7-3-6-16(12-18)21(2,22)23/h3-13,26H,1-2H3,(H,25,27). The van der Waals surface area contributed by atoms with Crippen molar-refractivity contribution in [1.29, 1.82) is 0 Å². The summed E-state index contributed by atoms with van der Waals surface area (Å²) in [6.45, 7) is 2.31. The molecule has 0 aliphatic carbocycles. The Morgan fingerprint density at radius 2 is 1.80 bits per heavy atom. The zero-order valence-corrected chi connectivity index (χ0v) is 17.0. The fraction of sp³-hybridized carbons (Fsp3) is 0.143. The quantitative estimate of drug-likeness (QED) is 0.599. The number of nitrogens with zero attached hydrogens (tertiary/aromatic N) is 1. The lowest BCUT2D eigenvalue weighted by Gasteiger charge is -2.15. The number of anilines is 2. The summed E-state index contributed by atoms with van der Waals surface area (Å²) in [4.78, 5) is 16.1. The van der Waals surface area contributed by atoms with Gasteiger partial charge in [-0.2, -0.15) is 0 Å². The van der Waals surface area contributed by atoms with E-state index >= 15 is 0 Å². The first-order chi connectivity index (χ1) is 14.1. The first-order valence-electron chi connectivity index (χ1n) is 8.89. The predicted octanol–water partition coefficient (Wildman–Crippen LogP) is 4.55. The van der Waals surface area contributed by atoms with Crippen molar-refractivity contribution in [3.63, 3.8) is 0 Å². The van der Waals surface area contributed by atoms with Crippen LogP contribution in [0.2, 0.25) is 0 Å². The van der Waals surface area contributed by atoms with E-state index in [2.05, 4.69) is 15.0 Å². The topological polar surface area (TPSA) is 88.2 Å². The van der Waals surface area contributed by atoms with E-state index in [1.807, 2.05) is 0 Å². The number of rotatable bonds is 6. The van der Waals surface area contributed by atoms with Gasteiger partial charge in [-0.25, -0.2) is 17.2 Å². The number of nitrogens with one attached hydrogen (secondary N) is 2. The SMILES string of the molecule is Cc1cc(NC(=O)c2cccnc2)ccc1S(=O)(=O)Nc1cccc(C(C)(F)F)c1. The third kappa shape index (κ3) is 4.98. The molecule has 0 saturated carbocycles. The molecule has 0 atom stereocenters. The lowest BCUT2D eigenvalue weighted by Crippen LogP contribution is -2.16. The van der Waals surface area contributed by atoms with Crippen molar-refractivity contribution in [3.05, 3.63) is 83.7 Å². The van der Waals surface area contributed by atoms with E-state index in [1.54, 1.807) is 25.3 Å². The van der Waals surface area contributed by atoms with Crippen molar-refractivity contribution < 1.29 is 22.0 Å². The Kier molecular flexibility index (Phi) is 5.84. The highest BCUT2D eigenvalue weighted by molar-refractivity contribution is 7.92. The molecule has 1 aromatic heterocycles. The van der Waals surface area contributed by atoms with Crippen LogP contribution in [-0.4, -0.2) is 19.3 Å². The third-order valence-electron chi connectivity index (χ3n) is 4.27. The molecular formula is C21H19F2N3O3S. The zero-order chi connectivity index (χ0) is 21.9. The normalized spacial score (nSPS) is 11.7. The van der Waals surface area contributed by atoms with Gasteiger partial charge in [0, 0.05) is 36.3 Å². The predicted molar refractivity (Wildman–Crippen MR) is 110 cm³/mol. The van der Waals surface area contributed by atoms with E-state index in [4.69, 9.17) is 0 Å². The number of sulfonamides is 1. The van der Waals surface area contributed by atoms with Gasteiger partial charge in [-0.15, -0.1) is 0 Å². The van der Waals surface area contributed by atoms with E-state index < -0.39 is 15.9 Å². The maximum absolute atomic E-state index is 13.5. The van der Waals surface area contributed by atoms with Crippen molar-refractivity contribution in [2.24, 2.45) is 0 Å². The highest BCUT2D eigenvalue weighted by atomic mass is 32.2. The number of hydrogen-bond donors (Lipinski definition) is 2. The molecule has 1 amide bonds. The summed E-state index contributed by atoms with van der Waals surface area (Å²) in [5, 5.41) is 2.67. The van der Waals surface area contributed by atoms with Crippen molar-refractivity contribution in [2.45, 2.75) is 24.7 Å². The minimum Gasteiger partial charge on any atom is -0.322 e. The minimum atomic E-state index is -4.02. The first kappa shape index (κ1) is 21.4. The molecule has 2 aromatic carbocycles. The van der Waals surface area contributed by atoms with Crippen LogP contribution in [0.3, 0.4) is 0 Å². The van der Waals surface area contributed by atoms with Gasteiger partial charge in [-0.1, -0.05) is 12.1 Å². The number of benzene rings is 2. The van der Waals surface area contributed by atoms with Crippen LogP contribution < -0.4 is 10.0 Å². The molecule has 1 heterocycles. The number of carbonyl (C=O) groups is 1. The van der Waals surface area contributed by atoms with Gasteiger partial charge in [-0.3, -0.25) is 14.5 Å². The van der Waals surface area contributed by atoms with E-state index in [1.165, 1.54) is 42.6 Å². The second-order valence-corrected chi connectivity index (χ2v) is 8.40. The maximum Gasteiger partial charge on any atom is 0.270 e. The van der Waals surface area contributed by atoms with Crippen molar-refractivity contribution in [3.8, 4) is 0 Å². The molecule has 156 valence electrons. The molecule has 3 rings (SSSR count). The number of aromatic nitrogens is 1. The van der Waals surface area contributed by atoms with Crippen LogP contribution in [0.5, 0.6) is 0 Å². The Bertz CT molecular complexity index is 1180. The lowest BCUT2D eigenvalue weighted by atomic mass is 10.1. The second kappa shape index (κ2) is 8.19. The lowest BCUT2D eigenvalue weighted by molar-refractivity contribution is 0.0175. The molecule has 0 unspecified atom stereocenters. The van der Waals surface area contributed by atoms with Gasteiger partial charge in [0.25, 0.3) is 21.9 Å². The Balaban J connectivity index is 1.81. The average Bonchev–Trinajstić information content (AvgIpc) is 2.67. The van der Waals surface area contributed by atoms with Gasteiger partial charge in [0.05, 0.1) is 10.5 Å². The fourth-order valence-corrected chi connectivity index (χ4v) is 4.07. The van der Waals surface area contributed by atoms with Gasteiger partial charge in [-0.05, 0) is 55.0 Å². The molecule has 30 heavy (non-hydrogen) atoms. The maximum atomic E-state index is 13.5. The Labute approximate surface area is 173 Å². The highest BCUT2D eigenvalue weighted by Gasteiger charge is 2.25. The van der Waals surface area contributed by atoms with Crippen molar-refractivity contribution in [1.82, 2.24) is 4.98 Å². The highest BCUT2D eigenvalue weighted by Crippen LogP contribution is 2.30. The van der Waals surface area contributed by atoms with Gasteiger partial charge in [0.15, 0.2) is 0 Å².